The highest BCUT2D eigenvalue weighted by Gasteiger charge is 2.47. The molecule has 0 radical (unpaired) electrons. The summed E-state index contributed by atoms with van der Waals surface area (Å²) in [6.45, 7) is 9.80. The minimum absolute atomic E-state index is 0.0616. The van der Waals surface area contributed by atoms with E-state index in [1.54, 1.807) is 0 Å². The van der Waals surface area contributed by atoms with E-state index in [4.69, 9.17) is 4.74 Å². The Hall–Kier alpha value is -0.610. The van der Waals surface area contributed by atoms with Crippen LogP contribution in [0.1, 0.15) is 59.8 Å². The molecule has 1 aliphatic rings. The maximum Gasteiger partial charge on any atom is 0.326 e. The van der Waals surface area contributed by atoms with Gasteiger partial charge >= 0.3 is 5.97 Å². The van der Waals surface area contributed by atoms with Crippen molar-refractivity contribution in [2.75, 3.05) is 20.2 Å². The largest absolute Gasteiger partial charge is 0.465 e. The van der Waals surface area contributed by atoms with Gasteiger partial charge in [-0.15, -0.1) is 0 Å². The van der Waals surface area contributed by atoms with Crippen molar-refractivity contribution in [3.63, 3.8) is 0 Å². The molecule has 3 atom stereocenters. The second-order valence-corrected chi connectivity index (χ2v) is 6.05. The van der Waals surface area contributed by atoms with Crippen LogP contribution >= 0.6 is 0 Å². The monoisotopic (exact) mass is 284 g/mol. The third-order valence-corrected chi connectivity index (χ3v) is 4.73. The number of carbonyl (C=O) groups excluding carboxylic acids is 1. The van der Waals surface area contributed by atoms with E-state index in [-0.39, 0.29) is 5.97 Å². The second-order valence-electron chi connectivity index (χ2n) is 6.05. The smallest absolute Gasteiger partial charge is 0.326 e. The summed E-state index contributed by atoms with van der Waals surface area (Å²) in [5.74, 6) is -0.0616. The highest BCUT2D eigenvalue weighted by atomic mass is 16.5. The summed E-state index contributed by atoms with van der Waals surface area (Å²) in [5.41, 5.74) is -0.460. The van der Waals surface area contributed by atoms with Crippen molar-refractivity contribution in [2.45, 2.75) is 77.4 Å². The molecule has 0 aromatic carbocycles. The van der Waals surface area contributed by atoms with Crippen molar-refractivity contribution in [1.82, 2.24) is 10.2 Å². The fourth-order valence-electron chi connectivity index (χ4n) is 3.07. The number of hydrogen-bond donors (Lipinski definition) is 1. The van der Waals surface area contributed by atoms with Crippen molar-refractivity contribution in [2.24, 2.45) is 0 Å². The Bertz CT molecular complexity index is 309. The number of nitrogens with one attached hydrogen (secondary N) is 1. The van der Waals surface area contributed by atoms with E-state index in [0.29, 0.717) is 18.7 Å². The normalized spacial score (nSPS) is 27.8. The minimum atomic E-state index is -0.460. The van der Waals surface area contributed by atoms with Crippen molar-refractivity contribution in [1.29, 1.82) is 0 Å². The highest BCUT2D eigenvalue weighted by molar-refractivity contribution is 5.81. The van der Waals surface area contributed by atoms with Gasteiger partial charge in [-0.1, -0.05) is 13.8 Å². The minimum Gasteiger partial charge on any atom is -0.465 e. The molecule has 1 rings (SSSR count). The zero-order valence-electron chi connectivity index (χ0n) is 13.9. The van der Waals surface area contributed by atoms with Crippen LogP contribution in [-0.4, -0.2) is 48.7 Å². The first-order chi connectivity index (χ1) is 9.50. The fourth-order valence-corrected chi connectivity index (χ4v) is 3.07. The Labute approximate surface area is 124 Å². The van der Waals surface area contributed by atoms with E-state index in [2.05, 4.69) is 38.0 Å². The van der Waals surface area contributed by atoms with Gasteiger partial charge in [0, 0.05) is 12.1 Å². The van der Waals surface area contributed by atoms with Gasteiger partial charge in [0.15, 0.2) is 0 Å². The molecule has 0 saturated heterocycles. The molecule has 4 heteroatoms. The quantitative estimate of drug-likeness (QED) is 0.696. The Morgan fingerprint density at radius 1 is 1.45 bits per heavy atom. The van der Waals surface area contributed by atoms with Crippen LogP contribution in [0.5, 0.6) is 0 Å². The van der Waals surface area contributed by atoms with Crippen LogP contribution in [0.2, 0.25) is 0 Å². The van der Waals surface area contributed by atoms with Crippen LogP contribution in [0.25, 0.3) is 0 Å². The number of ether oxygens (including phenoxy) is 1. The average molecular weight is 284 g/mol. The van der Waals surface area contributed by atoms with E-state index in [1.165, 1.54) is 0 Å². The van der Waals surface area contributed by atoms with Gasteiger partial charge in [-0.3, -0.25) is 4.79 Å². The third-order valence-electron chi connectivity index (χ3n) is 4.73. The topological polar surface area (TPSA) is 41.6 Å². The lowest BCUT2D eigenvalue weighted by Gasteiger charge is -2.33. The molecule has 0 amide bonds. The fraction of sp³-hybridized carbons (Fsp3) is 0.938. The van der Waals surface area contributed by atoms with Gasteiger partial charge in [-0.05, 0) is 59.5 Å². The molecule has 3 unspecified atom stereocenters. The molecule has 20 heavy (non-hydrogen) atoms. The predicted molar refractivity (Wildman–Crippen MR) is 82.8 cm³/mol. The molecular formula is C16H32N2O2. The van der Waals surface area contributed by atoms with Crippen LogP contribution in [0, 0.1) is 0 Å². The van der Waals surface area contributed by atoms with Crippen molar-refractivity contribution < 1.29 is 9.53 Å². The summed E-state index contributed by atoms with van der Waals surface area (Å²) >= 11 is 0. The van der Waals surface area contributed by atoms with Gasteiger partial charge in [-0.2, -0.15) is 0 Å². The van der Waals surface area contributed by atoms with Gasteiger partial charge in [0.1, 0.15) is 5.54 Å². The van der Waals surface area contributed by atoms with Crippen molar-refractivity contribution >= 4 is 5.97 Å². The summed E-state index contributed by atoms with van der Waals surface area (Å²) in [6.07, 6.45) is 5.00. The summed E-state index contributed by atoms with van der Waals surface area (Å²) in [5, 5.41) is 3.47. The van der Waals surface area contributed by atoms with Crippen LogP contribution < -0.4 is 5.32 Å². The molecular weight excluding hydrogens is 252 g/mol. The molecule has 0 heterocycles. The molecule has 0 bridgehead atoms. The maximum atomic E-state index is 12.4. The molecule has 0 aromatic rings. The lowest BCUT2D eigenvalue weighted by atomic mass is 9.96. The van der Waals surface area contributed by atoms with Crippen LogP contribution in [0.4, 0.5) is 0 Å². The third kappa shape index (κ3) is 3.95. The highest BCUT2D eigenvalue weighted by Crippen LogP contribution is 2.34. The number of esters is 1. The molecule has 1 saturated carbocycles. The molecule has 1 fully saturated rings. The van der Waals surface area contributed by atoms with Crippen LogP contribution in [0.15, 0.2) is 0 Å². The van der Waals surface area contributed by atoms with E-state index in [1.807, 2.05) is 6.92 Å². The standard InChI is InChI=1S/C16H32N2O2/c1-6-11-17-16(15(19)20-8-3)10-9-14(12-16)18(5)13(4)7-2/h13-14,17H,6-12H2,1-5H3. The molecule has 118 valence electrons. The van der Waals surface area contributed by atoms with Crippen LogP contribution in [0.3, 0.4) is 0 Å². The van der Waals surface area contributed by atoms with E-state index >= 15 is 0 Å². The SMILES string of the molecule is CCCNC1(C(=O)OCC)CCC(N(C)C(C)CC)C1. The Kier molecular flexibility index (Phi) is 6.96. The Morgan fingerprint density at radius 2 is 2.15 bits per heavy atom. The van der Waals surface area contributed by atoms with Gasteiger partial charge in [0.25, 0.3) is 0 Å². The van der Waals surface area contributed by atoms with Gasteiger partial charge in [0.05, 0.1) is 6.61 Å². The molecule has 0 spiro atoms. The van der Waals surface area contributed by atoms with E-state index in [0.717, 1.165) is 38.6 Å². The molecule has 4 nitrogen and oxygen atoms in total. The summed E-state index contributed by atoms with van der Waals surface area (Å²) in [4.78, 5) is 14.8. The summed E-state index contributed by atoms with van der Waals surface area (Å²) in [6, 6.07) is 1.03. The maximum absolute atomic E-state index is 12.4. The van der Waals surface area contributed by atoms with Gasteiger partial charge in [0.2, 0.25) is 0 Å². The Balaban J connectivity index is 2.75. The zero-order valence-corrected chi connectivity index (χ0v) is 13.9. The summed E-state index contributed by atoms with van der Waals surface area (Å²) < 4.78 is 5.32. The summed E-state index contributed by atoms with van der Waals surface area (Å²) in [7, 11) is 2.18. The lowest BCUT2D eigenvalue weighted by molar-refractivity contribution is -0.151. The van der Waals surface area contributed by atoms with E-state index < -0.39 is 5.54 Å². The molecule has 1 N–H and O–H groups in total. The van der Waals surface area contributed by atoms with E-state index in [9.17, 15) is 4.79 Å². The molecule has 0 aromatic heterocycles. The first-order valence-electron chi connectivity index (χ1n) is 8.14. The van der Waals surface area contributed by atoms with Crippen molar-refractivity contribution in [3.8, 4) is 0 Å². The number of hydrogen-bond acceptors (Lipinski definition) is 4. The number of nitrogens with zero attached hydrogens (tertiary/aromatic N) is 1. The predicted octanol–water partition coefficient (Wildman–Crippen LogP) is 2.57. The average Bonchev–Trinajstić information content (AvgIpc) is 2.89. The van der Waals surface area contributed by atoms with Crippen LogP contribution in [-0.2, 0) is 9.53 Å². The number of carbonyl (C=O) groups is 1. The lowest BCUT2D eigenvalue weighted by Crippen LogP contribution is -2.52. The zero-order chi connectivity index (χ0) is 15.2. The molecule has 0 aliphatic heterocycles. The Morgan fingerprint density at radius 3 is 2.70 bits per heavy atom. The first-order valence-corrected chi connectivity index (χ1v) is 8.14. The second kappa shape index (κ2) is 7.99. The van der Waals surface area contributed by atoms with Gasteiger partial charge < -0.3 is 15.0 Å². The first kappa shape index (κ1) is 17.4. The number of rotatable bonds is 8. The molecule has 1 aliphatic carbocycles. The van der Waals surface area contributed by atoms with Crippen molar-refractivity contribution in [3.05, 3.63) is 0 Å². The van der Waals surface area contributed by atoms with Gasteiger partial charge in [-0.25, -0.2) is 0 Å².